The molecule has 0 aromatic heterocycles. The Morgan fingerprint density at radius 1 is 1.04 bits per heavy atom. The number of halogens is 1. The van der Waals surface area contributed by atoms with Crippen LogP contribution in [0.3, 0.4) is 0 Å². The molecule has 1 spiro atoms. The lowest BCUT2D eigenvalue weighted by Gasteiger charge is -2.37. The van der Waals surface area contributed by atoms with Crippen LogP contribution in [0.25, 0.3) is 0 Å². The highest BCUT2D eigenvalue weighted by molar-refractivity contribution is 5.90. The summed E-state index contributed by atoms with van der Waals surface area (Å²) < 4.78 is 5.64. The first kappa shape index (κ1) is 23.2. The molecule has 2 aliphatic heterocycles. The summed E-state index contributed by atoms with van der Waals surface area (Å²) in [7, 11) is 0. The van der Waals surface area contributed by atoms with Crippen molar-refractivity contribution in [2.75, 3.05) is 32.8 Å². The Morgan fingerprint density at radius 3 is 2.42 bits per heavy atom. The molecule has 0 aliphatic carbocycles. The fourth-order valence-electron chi connectivity index (χ4n) is 3.79. The van der Waals surface area contributed by atoms with Crippen LogP contribution in [0.2, 0.25) is 0 Å². The summed E-state index contributed by atoms with van der Waals surface area (Å²) in [5.41, 5.74) is -0.342. The van der Waals surface area contributed by atoms with Gasteiger partial charge in [0.25, 0.3) is 0 Å². The minimum atomic E-state index is -0.442. The molecule has 2 rings (SSSR count). The van der Waals surface area contributed by atoms with Crippen LogP contribution in [-0.2, 0) is 14.3 Å². The molecule has 2 saturated heterocycles. The van der Waals surface area contributed by atoms with Crippen molar-refractivity contribution in [1.82, 2.24) is 16.0 Å². The van der Waals surface area contributed by atoms with Gasteiger partial charge in [0.1, 0.15) is 6.04 Å². The molecule has 0 aromatic rings. The van der Waals surface area contributed by atoms with Crippen molar-refractivity contribution in [3.63, 3.8) is 0 Å². The van der Waals surface area contributed by atoms with E-state index in [1.165, 1.54) is 0 Å². The molecule has 7 heteroatoms. The zero-order valence-corrected chi connectivity index (χ0v) is 17.1. The highest BCUT2D eigenvalue weighted by atomic mass is 35.5. The lowest BCUT2D eigenvalue weighted by Crippen LogP contribution is -2.54. The Bertz CT molecular complexity index is 440. The maximum absolute atomic E-state index is 13.1. The SMILES string of the molecule is CC(C)C[C@@H]1NC(=O)C2(CCCCOCCCNC1=O)CCNCC2.Cl. The third-order valence-corrected chi connectivity index (χ3v) is 5.33. The van der Waals surface area contributed by atoms with Gasteiger partial charge in [-0.05, 0) is 57.5 Å². The second-order valence-electron chi connectivity index (χ2n) is 7.90. The van der Waals surface area contributed by atoms with Gasteiger partial charge in [0.05, 0.1) is 5.41 Å². The van der Waals surface area contributed by atoms with E-state index in [1.807, 2.05) is 0 Å². The highest BCUT2D eigenvalue weighted by Crippen LogP contribution is 2.35. The van der Waals surface area contributed by atoms with Crippen LogP contribution < -0.4 is 16.0 Å². The molecule has 2 heterocycles. The first-order valence-electron chi connectivity index (χ1n) is 9.91. The second kappa shape index (κ2) is 11.8. The van der Waals surface area contributed by atoms with Gasteiger partial charge in [-0.15, -0.1) is 12.4 Å². The molecule has 2 fully saturated rings. The van der Waals surface area contributed by atoms with E-state index in [0.717, 1.165) is 58.2 Å². The van der Waals surface area contributed by atoms with Crippen molar-refractivity contribution in [3.05, 3.63) is 0 Å². The summed E-state index contributed by atoms with van der Waals surface area (Å²) in [5, 5.41) is 9.41. The standard InChI is InChI=1S/C19H35N3O3.ClH/c1-15(2)14-16-17(23)21-9-5-13-25-12-4-3-6-19(18(24)22-16)7-10-20-11-8-19;/h15-16,20H,3-14H2,1-2H3,(H,21,23)(H,22,24);1H/t16-;/m0./s1. The number of piperidine rings is 1. The van der Waals surface area contributed by atoms with Crippen LogP contribution >= 0.6 is 12.4 Å². The Morgan fingerprint density at radius 2 is 1.73 bits per heavy atom. The summed E-state index contributed by atoms with van der Waals surface area (Å²) in [4.78, 5) is 25.7. The maximum atomic E-state index is 13.1. The van der Waals surface area contributed by atoms with E-state index >= 15 is 0 Å². The summed E-state index contributed by atoms with van der Waals surface area (Å²) in [5.74, 6) is 0.346. The smallest absolute Gasteiger partial charge is 0.242 e. The fraction of sp³-hybridized carbons (Fsp3) is 0.895. The molecule has 0 aromatic carbocycles. The van der Waals surface area contributed by atoms with Gasteiger partial charge in [0, 0.05) is 19.8 Å². The predicted molar refractivity (Wildman–Crippen MR) is 105 cm³/mol. The van der Waals surface area contributed by atoms with Crippen LogP contribution in [0.5, 0.6) is 0 Å². The third kappa shape index (κ3) is 7.05. The summed E-state index contributed by atoms with van der Waals surface area (Å²) in [6.45, 7) is 7.91. The lowest BCUT2D eigenvalue weighted by molar-refractivity contribution is -0.137. The number of amides is 2. The first-order chi connectivity index (χ1) is 12.0. The summed E-state index contributed by atoms with van der Waals surface area (Å²) in [6, 6.07) is -0.442. The van der Waals surface area contributed by atoms with Crippen molar-refractivity contribution in [1.29, 1.82) is 0 Å². The number of rotatable bonds is 2. The minimum Gasteiger partial charge on any atom is -0.381 e. The Kier molecular flexibility index (Phi) is 10.5. The zero-order valence-electron chi connectivity index (χ0n) is 16.3. The van der Waals surface area contributed by atoms with Gasteiger partial charge in [-0.1, -0.05) is 20.3 Å². The van der Waals surface area contributed by atoms with E-state index in [0.29, 0.717) is 25.5 Å². The molecule has 6 nitrogen and oxygen atoms in total. The van der Waals surface area contributed by atoms with E-state index in [4.69, 9.17) is 4.74 Å². The summed E-state index contributed by atoms with van der Waals surface area (Å²) >= 11 is 0. The number of nitrogens with one attached hydrogen (secondary N) is 3. The van der Waals surface area contributed by atoms with Crippen molar-refractivity contribution in [2.24, 2.45) is 11.3 Å². The molecule has 2 aliphatic rings. The van der Waals surface area contributed by atoms with Crippen LogP contribution in [0, 0.1) is 11.3 Å². The first-order valence-corrected chi connectivity index (χ1v) is 9.91. The third-order valence-electron chi connectivity index (χ3n) is 5.33. The van der Waals surface area contributed by atoms with Gasteiger partial charge in [0.15, 0.2) is 0 Å². The van der Waals surface area contributed by atoms with Crippen LogP contribution in [0.15, 0.2) is 0 Å². The fourth-order valence-corrected chi connectivity index (χ4v) is 3.79. The predicted octanol–water partition coefficient (Wildman–Crippen LogP) is 2.02. The molecule has 3 N–H and O–H groups in total. The van der Waals surface area contributed by atoms with Gasteiger partial charge in [-0.3, -0.25) is 9.59 Å². The van der Waals surface area contributed by atoms with Gasteiger partial charge in [-0.2, -0.15) is 0 Å². The number of ether oxygens (including phenoxy) is 1. The van der Waals surface area contributed by atoms with Crippen LogP contribution in [0.1, 0.15) is 58.8 Å². The van der Waals surface area contributed by atoms with E-state index in [9.17, 15) is 9.59 Å². The average Bonchev–Trinajstić information content (AvgIpc) is 2.59. The molecule has 0 radical (unpaired) electrons. The van der Waals surface area contributed by atoms with E-state index < -0.39 is 6.04 Å². The largest absolute Gasteiger partial charge is 0.381 e. The number of carbonyl (C=O) groups excluding carboxylic acids is 2. The van der Waals surface area contributed by atoms with Gasteiger partial charge in [-0.25, -0.2) is 0 Å². The van der Waals surface area contributed by atoms with Crippen molar-refractivity contribution >= 4 is 24.2 Å². The Hall–Kier alpha value is -0.850. The monoisotopic (exact) mass is 389 g/mol. The zero-order chi connectivity index (χ0) is 18.1. The van der Waals surface area contributed by atoms with Crippen molar-refractivity contribution in [2.45, 2.75) is 64.8 Å². The Labute approximate surface area is 164 Å². The lowest BCUT2D eigenvalue weighted by atomic mass is 9.74. The molecule has 0 unspecified atom stereocenters. The minimum absolute atomic E-state index is 0. The van der Waals surface area contributed by atoms with E-state index in [2.05, 4.69) is 29.8 Å². The Balaban J connectivity index is 0.00000338. The van der Waals surface area contributed by atoms with Crippen LogP contribution in [-0.4, -0.2) is 50.7 Å². The number of hydrogen-bond acceptors (Lipinski definition) is 4. The van der Waals surface area contributed by atoms with Gasteiger partial charge < -0.3 is 20.7 Å². The molecule has 152 valence electrons. The van der Waals surface area contributed by atoms with Crippen molar-refractivity contribution in [3.8, 4) is 0 Å². The molecule has 0 bridgehead atoms. The molecule has 26 heavy (non-hydrogen) atoms. The van der Waals surface area contributed by atoms with Crippen LogP contribution in [0.4, 0.5) is 0 Å². The van der Waals surface area contributed by atoms with E-state index in [-0.39, 0.29) is 29.6 Å². The van der Waals surface area contributed by atoms with Gasteiger partial charge >= 0.3 is 0 Å². The maximum Gasteiger partial charge on any atom is 0.242 e. The average molecular weight is 390 g/mol. The van der Waals surface area contributed by atoms with E-state index in [1.54, 1.807) is 0 Å². The molecule has 2 amide bonds. The highest BCUT2D eigenvalue weighted by Gasteiger charge is 2.40. The molecular formula is C19H36ClN3O3. The molecule has 0 saturated carbocycles. The quantitative estimate of drug-likeness (QED) is 0.675. The topological polar surface area (TPSA) is 79.5 Å². The molecular weight excluding hydrogens is 354 g/mol. The number of carbonyl (C=O) groups is 2. The van der Waals surface area contributed by atoms with Crippen molar-refractivity contribution < 1.29 is 14.3 Å². The van der Waals surface area contributed by atoms with Gasteiger partial charge in [0.2, 0.25) is 11.8 Å². The summed E-state index contributed by atoms with van der Waals surface area (Å²) in [6.07, 6.45) is 6.02. The molecule has 1 atom stereocenters. The second-order valence-corrected chi connectivity index (χ2v) is 7.90. The normalized spacial score (nSPS) is 25.7. The number of hydrogen-bond donors (Lipinski definition) is 3.